The van der Waals surface area contributed by atoms with Gasteiger partial charge in [0.15, 0.2) is 6.61 Å². The highest BCUT2D eigenvalue weighted by molar-refractivity contribution is 5.91. The molecular formula is C22H29NO2. The fourth-order valence-corrected chi connectivity index (χ4v) is 2.60. The lowest BCUT2D eigenvalue weighted by molar-refractivity contribution is -0.118. The first-order chi connectivity index (χ1) is 12.0. The van der Waals surface area contributed by atoms with Crippen molar-refractivity contribution in [1.82, 2.24) is 0 Å². The van der Waals surface area contributed by atoms with E-state index in [2.05, 4.69) is 57.3 Å². The molecule has 25 heavy (non-hydrogen) atoms. The first-order valence-electron chi connectivity index (χ1n) is 9.16. The second-order valence-electron chi connectivity index (χ2n) is 6.65. The van der Waals surface area contributed by atoms with Crippen molar-refractivity contribution in [3.8, 4) is 5.75 Å². The zero-order chi connectivity index (χ0) is 18.2. The maximum atomic E-state index is 12.0. The van der Waals surface area contributed by atoms with E-state index in [9.17, 15) is 4.79 Å². The van der Waals surface area contributed by atoms with Crippen LogP contribution in [0.25, 0.3) is 0 Å². The number of carbonyl (C=O) groups is 1. The van der Waals surface area contributed by atoms with Crippen LogP contribution in [-0.4, -0.2) is 12.5 Å². The Balaban J connectivity index is 1.84. The zero-order valence-electron chi connectivity index (χ0n) is 15.7. The smallest absolute Gasteiger partial charge is 0.262 e. The molecule has 2 aromatic carbocycles. The molecule has 2 aromatic rings. The third-order valence-corrected chi connectivity index (χ3v) is 4.81. The van der Waals surface area contributed by atoms with Crippen LogP contribution in [0.15, 0.2) is 48.5 Å². The molecule has 0 saturated heterocycles. The molecule has 0 heterocycles. The molecule has 0 aliphatic carbocycles. The number of hydrogen-bond acceptors (Lipinski definition) is 2. The number of rotatable bonds is 8. The van der Waals surface area contributed by atoms with E-state index in [-0.39, 0.29) is 12.5 Å². The van der Waals surface area contributed by atoms with Gasteiger partial charge in [0.1, 0.15) is 5.75 Å². The van der Waals surface area contributed by atoms with Crippen LogP contribution in [0.5, 0.6) is 5.75 Å². The standard InChI is InChI=1S/C22H29NO2/c1-5-16(3)18-7-11-20(12-8-18)23-22(24)15-25-21-13-9-19(10-14-21)17(4)6-2/h7-14,16-17H,5-6,15H2,1-4H3,(H,23,24). The van der Waals surface area contributed by atoms with Gasteiger partial charge in [0.25, 0.3) is 5.91 Å². The van der Waals surface area contributed by atoms with Crippen molar-refractivity contribution in [2.75, 3.05) is 11.9 Å². The Kier molecular flexibility index (Phi) is 7.05. The van der Waals surface area contributed by atoms with E-state index in [1.165, 1.54) is 11.1 Å². The third-order valence-electron chi connectivity index (χ3n) is 4.81. The van der Waals surface area contributed by atoms with Gasteiger partial charge in [-0.2, -0.15) is 0 Å². The minimum absolute atomic E-state index is 0.00971. The summed E-state index contributed by atoms with van der Waals surface area (Å²) in [6.45, 7) is 8.77. The number of benzene rings is 2. The summed E-state index contributed by atoms with van der Waals surface area (Å²) in [4.78, 5) is 12.0. The lowest BCUT2D eigenvalue weighted by Gasteiger charge is -2.12. The minimum Gasteiger partial charge on any atom is -0.484 e. The van der Waals surface area contributed by atoms with Crippen LogP contribution in [0, 0.1) is 0 Å². The Bertz CT molecular complexity index is 661. The molecule has 3 heteroatoms. The molecule has 134 valence electrons. The Labute approximate surface area is 151 Å². The monoisotopic (exact) mass is 339 g/mol. The quantitative estimate of drug-likeness (QED) is 0.667. The second-order valence-corrected chi connectivity index (χ2v) is 6.65. The van der Waals surface area contributed by atoms with Gasteiger partial charge in [0.05, 0.1) is 0 Å². The fraction of sp³-hybridized carbons (Fsp3) is 0.409. The Hall–Kier alpha value is -2.29. The maximum absolute atomic E-state index is 12.0. The number of hydrogen-bond donors (Lipinski definition) is 1. The molecule has 1 amide bonds. The normalized spacial score (nSPS) is 13.1. The van der Waals surface area contributed by atoms with E-state index in [0.717, 1.165) is 18.5 Å². The SMILES string of the molecule is CCC(C)c1ccc(NC(=O)COc2ccc(C(C)CC)cc2)cc1. The van der Waals surface area contributed by atoms with E-state index in [1.807, 2.05) is 24.3 Å². The topological polar surface area (TPSA) is 38.3 Å². The second kappa shape index (κ2) is 9.26. The molecule has 0 aromatic heterocycles. The van der Waals surface area contributed by atoms with Gasteiger partial charge >= 0.3 is 0 Å². The molecule has 0 bridgehead atoms. The number of anilines is 1. The molecule has 2 atom stereocenters. The van der Waals surface area contributed by atoms with Crippen molar-refractivity contribution in [1.29, 1.82) is 0 Å². The van der Waals surface area contributed by atoms with Gasteiger partial charge in [-0.05, 0) is 60.1 Å². The number of amides is 1. The van der Waals surface area contributed by atoms with E-state index >= 15 is 0 Å². The lowest BCUT2D eigenvalue weighted by Crippen LogP contribution is -2.20. The average Bonchev–Trinajstić information content (AvgIpc) is 2.66. The first-order valence-corrected chi connectivity index (χ1v) is 9.16. The summed E-state index contributed by atoms with van der Waals surface area (Å²) in [6, 6.07) is 16.0. The van der Waals surface area contributed by atoms with Gasteiger partial charge < -0.3 is 10.1 Å². The number of carbonyl (C=O) groups excluding carboxylic acids is 1. The maximum Gasteiger partial charge on any atom is 0.262 e. The predicted octanol–water partition coefficient (Wildman–Crippen LogP) is 5.73. The summed E-state index contributed by atoms with van der Waals surface area (Å²) in [5.41, 5.74) is 3.38. The van der Waals surface area contributed by atoms with Crippen LogP contribution >= 0.6 is 0 Å². The highest BCUT2D eigenvalue weighted by atomic mass is 16.5. The Morgan fingerprint density at radius 1 is 0.880 bits per heavy atom. The molecule has 0 radical (unpaired) electrons. The molecule has 0 spiro atoms. The lowest BCUT2D eigenvalue weighted by atomic mass is 9.99. The summed E-state index contributed by atoms with van der Waals surface area (Å²) in [5, 5.41) is 2.87. The van der Waals surface area contributed by atoms with Crippen LogP contribution in [-0.2, 0) is 4.79 Å². The van der Waals surface area contributed by atoms with Gasteiger partial charge in [-0.3, -0.25) is 4.79 Å². The van der Waals surface area contributed by atoms with E-state index in [0.29, 0.717) is 17.6 Å². The summed E-state index contributed by atoms with van der Waals surface area (Å²) < 4.78 is 5.58. The zero-order valence-corrected chi connectivity index (χ0v) is 15.7. The Morgan fingerprint density at radius 3 is 1.84 bits per heavy atom. The molecule has 3 nitrogen and oxygen atoms in total. The molecule has 0 aliphatic heterocycles. The predicted molar refractivity (Wildman–Crippen MR) is 104 cm³/mol. The van der Waals surface area contributed by atoms with Crippen molar-refractivity contribution in [2.24, 2.45) is 0 Å². The van der Waals surface area contributed by atoms with Crippen LogP contribution in [0.1, 0.15) is 63.5 Å². The highest BCUT2D eigenvalue weighted by Gasteiger charge is 2.07. The molecule has 1 N–H and O–H groups in total. The van der Waals surface area contributed by atoms with Crippen molar-refractivity contribution in [2.45, 2.75) is 52.4 Å². The molecular weight excluding hydrogens is 310 g/mol. The molecule has 0 aliphatic rings. The van der Waals surface area contributed by atoms with Crippen LogP contribution in [0.4, 0.5) is 5.69 Å². The van der Waals surface area contributed by atoms with Crippen LogP contribution < -0.4 is 10.1 Å². The van der Waals surface area contributed by atoms with Gasteiger partial charge in [-0.25, -0.2) is 0 Å². The van der Waals surface area contributed by atoms with Crippen LogP contribution in [0.3, 0.4) is 0 Å². The van der Waals surface area contributed by atoms with Crippen LogP contribution in [0.2, 0.25) is 0 Å². The summed E-state index contributed by atoms with van der Waals surface area (Å²) in [7, 11) is 0. The first kappa shape index (κ1) is 19.0. The highest BCUT2D eigenvalue weighted by Crippen LogP contribution is 2.22. The van der Waals surface area contributed by atoms with Crippen molar-refractivity contribution in [3.05, 3.63) is 59.7 Å². The number of ether oxygens (including phenoxy) is 1. The van der Waals surface area contributed by atoms with Gasteiger partial charge in [0.2, 0.25) is 0 Å². The Morgan fingerprint density at radius 2 is 1.36 bits per heavy atom. The summed E-state index contributed by atoms with van der Waals surface area (Å²) in [6.07, 6.45) is 2.22. The molecule has 0 fully saturated rings. The largest absolute Gasteiger partial charge is 0.484 e. The van der Waals surface area contributed by atoms with Crippen molar-refractivity contribution in [3.63, 3.8) is 0 Å². The fourth-order valence-electron chi connectivity index (χ4n) is 2.60. The average molecular weight is 339 g/mol. The van der Waals surface area contributed by atoms with Crippen molar-refractivity contribution < 1.29 is 9.53 Å². The third kappa shape index (κ3) is 5.63. The van der Waals surface area contributed by atoms with E-state index < -0.39 is 0 Å². The van der Waals surface area contributed by atoms with Gasteiger partial charge in [-0.15, -0.1) is 0 Å². The molecule has 0 saturated carbocycles. The summed E-state index contributed by atoms with van der Waals surface area (Å²) in [5.74, 6) is 1.64. The van der Waals surface area contributed by atoms with E-state index in [4.69, 9.17) is 4.74 Å². The van der Waals surface area contributed by atoms with E-state index in [1.54, 1.807) is 0 Å². The van der Waals surface area contributed by atoms with Gasteiger partial charge in [-0.1, -0.05) is 52.0 Å². The van der Waals surface area contributed by atoms with Gasteiger partial charge in [0, 0.05) is 5.69 Å². The summed E-state index contributed by atoms with van der Waals surface area (Å²) >= 11 is 0. The molecule has 2 rings (SSSR count). The minimum atomic E-state index is -0.151. The number of nitrogens with one attached hydrogen (secondary N) is 1. The van der Waals surface area contributed by atoms with Crippen molar-refractivity contribution >= 4 is 11.6 Å². The molecule has 2 unspecified atom stereocenters.